The maximum atomic E-state index is 12.9. The summed E-state index contributed by atoms with van der Waals surface area (Å²) < 4.78 is 3.74. The van der Waals surface area contributed by atoms with E-state index in [1.165, 1.54) is 0 Å². The normalized spacial score (nSPS) is 14.2. The Bertz CT molecular complexity index is 883. The number of aryl methyl sites for hydroxylation is 2. The topological polar surface area (TPSA) is 68.8 Å². The molecule has 0 N–H and O–H groups in total. The van der Waals surface area contributed by atoms with Crippen molar-refractivity contribution in [3.63, 3.8) is 0 Å². The molecule has 0 unspecified atom stereocenters. The molecule has 3 aromatic rings. The van der Waals surface area contributed by atoms with E-state index in [1.54, 1.807) is 6.20 Å². The lowest BCUT2D eigenvalue weighted by Gasteiger charge is -2.20. The fourth-order valence-corrected chi connectivity index (χ4v) is 3.20. The second-order valence-electron chi connectivity index (χ2n) is 6.36. The molecule has 1 amide bonds. The highest BCUT2D eigenvalue weighted by atomic mass is 16.2. The molecule has 3 heterocycles. The Morgan fingerprint density at radius 3 is 2.96 bits per heavy atom. The lowest BCUT2D eigenvalue weighted by Crippen LogP contribution is -2.31. The van der Waals surface area contributed by atoms with E-state index >= 15 is 0 Å². The number of fused-ring (bicyclic) bond motifs is 1. The van der Waals surface area contributed by atoms with E-state index in [0.29, 0.717) is 13.1 Å². The first kappa shape index (κ1) is 15.6. The second kappa shape index (κ2) is 6.51. The first-order valence-electron chi connectivity index (χ1n) is 8.45. The summed E-state index contributed by atoms with van der Waals surface area (Å²) in [4.78, 5) is 14.8. The number of amides is 1. The molecule has 4 rings (SSSR count). The van der Waals surface area contributed by atoms with Crippen molar-refractivity contribution in [1.29, 1.82) is 0 Å². The predicted molar refractivity (Wildman–Crippen MR) is 91.9 cm³/mol. The molecule has 0 bridgehead atoms. The molecule has 0 saturated heterocycles. The van der Waals surface area contributed by atoms with Crippen LogP contribution in [-0.2, 0) is 19.6 Å². The fraction of sp³-hybridized carbons (Fsp3) is 0.333. The number of aromatic nitrogens is 5. The van der Waals surface area contributed by atoms with Crippen LogP contribution in [0.3, 0.4) is 0 Å². The van der Waals surface area contributed by atoms with Crippen molar-refractivity contribution in [2.45, 2.75) is 33.0 Å². The average molecular weight is 336 g/mol. The summed E-state index contributed by atoms with van der Waals surface area (Å²) in [5.41, 5.74) is 3.68. The van der Waals surface area contributed by atoms with Gasteiger partial charge in [-0.3, -0.25) is 9.48 Å². The monoisotopic (exact) mass is 336 g/mol. The zero-order chi connectivity index (χ0) is 17.2. The van der Waals surface area contributed by atoms with Gasteiger partial charge in [-0.25, -0.2) is 4.68 Å². The highest BCUT2D eigenvalue weighted by Gasteiger charge is 2.24. The number of carbonyl (C=O) groups excluding carboxylic acids is 1. The predicted octanol–water partition coefficient (Wildman–Crippen LogP) is 1.88. The third-order valence-corrected chi connectivity index (χ3v) is 4.48. The van der Waals surface area contributed by atoms with Gasteiger partial charge in [-0.15, -0.1) is 5.10 Å². The van der Waals surface area contributed by atoms with Crippen molar-refractivity contribution in [2.75, 3.05) is 6.54 Å². The number of carbonyl (C=O) groups is 1. The van der Waals surface area contributed by atoms with Crippen LogP contribution < -0.4 is 0 Å². The van der Waals surface area contributed by atoms with Gasteiger partial charge in [0.2, 0.25) is 0 Å². The lowest BCUT2D eigenvalue weighted by molar-refractivity contribution is 0.0745. The van der Waals surface area contributed by atoms with Gasteiger partial charge in [-0.1, -0.05) is 22.9 Å². The second-order valence-corrected chi connectivity index (χ2v) is 6.36. The van der Waals surface area contributed by atoms with Gasteiger partial charge >= 0.3 is 0 Å². The minimum atomic E-state index is 0.0587. The standard InChI is InChI=1S/C18H20N6O/c1-14-5-2-6-15(11-14)18(25)22-8-4-10-24-17(13-22)16(20-21-24)12-23-9-3-7-19-23/h2-3,5-7,9,11H,4,8,10,12-13H2,1H3. The Morgan fingerprint density at radius 2 is 2.16 bits per heavy atom. The molecule has 0 aliphatic carbocycles. The van der Waals surface area contributed by atoms with E-state index in [1.807, 2.05) is 57.7 Å². The molecular formula is C18H20N6O. The van der Waals surface area contributed by atoms with Crippen LogP contribution in [0.5, 0.6) is 0 Å². The Kier molecular flexibility index (Phi) is 4.05. The zero-order valence-corrected chi connectivity index (χ0v) is 14.2. The van der Waals surface area contributed by atoms with Crippen LogP contribution in [-0.4, -0.2) is 42.1 Å². The molecule has 7 heteroatoms. The summed E-state index contributed by atoms with van der Waals surface area (Å²) in [6, 6.07) is 9.62. The maximum Gasteiger partial charge on any atom is 0.254 e. The molecule has 2 aromatic heterocycles. The van der Waals surface area contributed by atoms with E-state index in [-0.39, 0.29) is 5.91 Å². The van der Waals surface area contributed by atoms with Gasteiger partial charge < -0.3 is 4.90 Å². The number of hydrogen-bond donors (Lipinski definition) is 0. The van der Waals surface area contributed by atoms with Crippen molar-refractivity contribution >= 4 is 5.91 Å². The summed E-state index contributed by atoms with van der Waals surface area (Å²) >= 11 is 0. The van der Waals surface area contributed by atoms with Gasteiger partial charge in [0, 0.05) is 31.0 Å². The van der Waals surface area contributed by atoms with Gasteiger partial charge in [0.05, 0.1) is 18.8 Å². The molecule has 7 nitrogen and oxygen atoms in total. The lowest BCUT2D eigenvalue weighted by atomic mass is 10.1. The Labute approximate surface area is 145 Å². The maximum absolute atomic E-state index is 12.9. The molecule has 0 saturated carbocycles. The Balaban J connectivity index is 1.60. The fourth-order valence-electron chi connectivity index (χ4n) is 3.20. The minimum Gasteiger partial charge on any atom is -0.333 e. The van der Waals surface area contributed by atoms with E-state index in [2.05, 4.69) is 15.4 Å². The van der Waals surface area contributed by atoms with Gasteiger partial charge in [0.15, 0.2) is 0 Å². The van der Waals surface area contributed by atoms with Crippen molar-refractivity contribution in [1.82, 2.24) is 29.7 Å². The number of benzene rings is 1. The molecule has 25 heavy (non-hydrogen) atoms. The number of rotatable bonds is 3. The molecule has 0 spiro atoms. The SMILES string of the molecule is Cc1cccc(C(=O)N2CCCn3nnc(Cn4cccn4)c3C2)c1. The molecule has 0 fully saturated rings. The largest absolute Gasteiger partial charge is 0.333 e. The van der Waals surface area contributed by atoms with Crippen molar-refractivity contribution < 1.29 is 4.79 Å². The van der Waals surface area contributed by atoms with E-state index in [9.17, 15) is 4.79 Å². The number of hydrogen-bond acceptors (Lipinski definition) is 4. The van der Waals surface area contributed by atoms with Crippen LogP contribution in [0.25, 0.3) is 0 Å². The van der Waals surface area contributed by atoms with Gasteiger partial charge in [0.25, 0.3) is 5.91 Å². The van der Waals surface area contributed by atoms with Crippen LogP contribution in [0, 0.1) is 6.92 Å². The van der Waals surface area contributed by atoms with E-state index in [4.69, 9.17) is 0 Å². The van der Waals surface area contributed by atoms with Crippen molar-refractivity contribution in [3.05, 3.63) is 65.2 Å². The third-order valence-electron chi connectivity index (χ3n) is 4.48. The molecule has 1 aliphatic heterocycles. The van der Waals surface area contributed by atoms with Gasteiger partial charge in [-0.2, -0.15) is 5.10 Å². The summed E-state index contributed by atoms with van der Waals surface area (Å²) in [5.74, 6) is 0.0587. The summed E-state index contributed by atoms with van der Waals surface area (Å²) in [5, 5.41) is 12.8. The van der Waals surface area contributed by atoms with Crippen LogP contribution in [0.2, 0.25) is 0 Å². The Hall–Kier alpha value is -2.96. The smallest absolute Gasteiger partial charge is 0.254 e. The van der Waals surface area contributed by atoms with Crippen LogP contribution >= 0.6 is 0 Å². The van der Waals surface area contributed by atoms with Crippen LogP contribution in [0.4, 0.5) is 0 Å². The summed E-state index contributed by atoms with van der Waals surface area (Å²) in [6.45, 7) is 4.59. The van der Waals surface area contributed by atoms with E-state index in [0.717, 1.165) is 42.0 Å². The van der Waals surface area contributed by atoms with Gasteiger partial charge in [0.1, 0.15) is 5.69 Å². The highest BCUT2D eigenvalue weighted by Crippen LogP contribution is 2.18. The van der Waals surface area contributed by atoms with E-state index < -0.39 is 0 Å². The number of nitrogens with zero attached hydrogens (tertiary/aromatic N) is 6. The third kappa shape index (κ3) is 3.17. The highest BCUT2D eigenvalue weighted by molar-refractivity contribution is 5.94. The van der Waals surface area contributed by atoms with Crippen molar-refractivity contribution in [2.24, 2.45) is 0 Å². The molecule has 128 valence electrons. The molecule has 1 aromatic carbocycles. The summed E-state index contributed by atoms with van der Waals surface area (Å²) in [6.07, 6.45) is 4.52. The first-order chi connectivity index (χ1) is 12.2. The molecular weight excluding hydrogens is 316 g/mol. The first-order valence-corrected chi connectivity index (χ1v) is 8.45. The molecule has 0 radical (unpaired) electrons. The molecule has 0 atom stereocenters. The van der Waals surface area contributed by atoms with Crippen molar-refractivity contribution in [3.8, 4) is 0 Å². The Morgan fingerprint density at radius 1 is 1.24 bits per heavy atom. The quantitative estimate of drug-likeness (QED) is 0.732. The van der Waals surface area contributed by atoms with Gasteiger partial charge in [-0.05, 0) is 31.5 Å². The zero-order valence-electron chi connectivity index (χ0n) is 14.2. The minimum absolute atomic E-state index is 0.0587. The van der Waals surface area contributed by atoms with Crippen LogP contribution in [0.1, 0.15) is 33.7 Å². The molecule has 1 aliphatic rings. The summed E-state index contributed by atoms with van der Waals surface area (Å²) in [7, 11) is 0. The van der Waals surface area contributed by atoms with Crippen LogP contribution in [0.15, 0.2) is 42.7 Å². The average Bonchev–Trinajstić information content (AvgIpc) is 3.20.